The van der Waals surface area contributed by atoms with E-state index in [1.165, 1.54) is 12.1 Å². The van der Waals surface area contributed by atoms with Gasteiger partial charge in [-0.25, -0.2) is 0 Å². The Balaban J connectivity index is 1.71. The molecular formula is C19H22F3N3O4. The Morgan fingerprint density at radius 3 is 2.69 bits per heavy atom. The van der Waals surface area contributed by atoms with E-state index < -0.39 is 17.8 Å². The van der Waals surface area contributed by atoms with Gasteiger partial charge < -0.3 is 18.9 Å². The maximum atomic E-state index is 12.9. The van der Waals surface area contributed by atoms with Crippen LogP contribution in [0.15, 0.2) is 28.8 Å². The summed E-state index contributed by atoms with van der Waals surface area (Å²) in [6.45, 7) is 1.43. The fraction of sp³-hybridized carbons (Fsp3) is 0.526. The number of benzene rings is 1. The van der Waals surface area contributed by atoms with E-state index in [-0.39, 0.29) is 18.1 Å². The minimum absolute atomic E-state index is 0.135. The summed E-state index contributed by atoms with van der Waals surface area (Å²) in [5.41, 5.74) is -0.600. The predicted molar refractivity (Wildman–Crippen MR) is 94.9 cm³/mol. The van der Waals surface area contributed by atoms with Gasteiger partial charge in [0, 0.05) is 19.2 Å². The summed E-state index contributed by atoms with van der Waals surface area (Å²) in [6.07, 6.45) is -2.11. The van der Waals surface area contributed by atoms with Crippen molar-refractivity contribution in [3.05, 3.63) is 47.1 Å². The maximum absolute atomic E-state index is 12.9. The molecule has 7 nitrogen and oxygen atoms in total. The lowest BCUT2D eigenvalue weighted by molar-refractivity contribution is -0.137. The van der Waals surface area contributed by atoms with Crippen molar-refractivity contribution in [2.24, 2.45) is 0 Å². The minimum atomic E-state index is -4.44. The molecule has 3 rings (SSSR count). The Bertz CT molecular complexity index is 808. The molecule has 1 aliphatic rings. The fourth-order valence-corrected chi connectivity index (χ4v) is 3.17. The number of piperidine rings is 1. The Morgan fingerprint density at radius 2 is 2.00 bits per heavy atom. The molecule has 1 aromatic heterocycles. The van der Waals surface area contributed by atoms with E-state index in [2.05, 4.69) is 10.1 Å². The zero-order chi connectivity index (χ0) is 20.9. The lowest BCUT2D eigenvalue weighted by Gasteiger charge is -2.33. The van der Waals surface area contributed by atoms with Gasteiger partial charge in [0.1, 0.15) is 6.61 Å². The molecular weight excluding hydrogens is 391 g/mol. The number of amides is 1. The van der Waals surface area contributed by atoms with Gasteiger partial charge in [0.15, 0.2) is 5.82 Å². The normalized spacial score (nSPS) is 17.5. The molecule has 1 atom stereocenters. The van der Waals surface area contributed by atoms with Crippen LogP contribution in [-0.2, 0) is 22.3 Å². The van der Waals surface area contributed by atoms with Gasteiger partial charge in [-0.1, -0.05) is 5.16 Å². The van der Waals surface area contributed by atoms with Crippen LogP contribution < -0.4 is 0 Å². The Morgan fingerprint density at radius 1 is 1.24 bits per heavy atom. The molecule has 1 aromatic carbocycles. The molecule has 29 heavy (non-hydrogen) atoms. The summed E-state index contributed by atoms with van der Waals surface area (Å²) >= 11 is 0. The number of likely N-dealkylation sites (tertiary alicyclic amines) is 1. The highest BCUT2D eigenvalue weighted by Crippen LogP contribution is 2.32. The third kappa shape index (κ3) is 5.33. The number of ether oxygens (including phenoxy) is 2. The summed E-state index contributed by atoms with van der Waals surface area (Å²) in [4.78, 5) is 18.8. The van der Waals surface area contributed by atoms with Crippen molar-refractivity contribution in [2.45, 2.75) is 38.1 Å². The molecule has 0 aliphatic carbocycles. The number of carbonyl (C=O) groups excluding carboxylic acids is 1. The van der Waals surface area contributed by atoms with Crippen LogP contribution in [0.1, 0.15) is 52.9 Å². The van der Waals surface area contributed by atoms with Gasteiger partial charge in [0.25, 0.3) is 11.8 Å². The van der Waals surface area contributed by atoms with Crippen molar-refractivity contribution in [1.82, 2.24) is 15.0 Å². The quantitative estimate of drug-likeness (QED) is 0.646. The van der Waals surface area contributed by atoms with Crippen LogP contribution >= 0.6 is 0 Å². The lowest BCUT2D eigenvalue weighted by atomic mass is 10.00. The number of aromatic nitrogens is 2. The molecule has 1 saturated heterocycles. The van der Waals surface area contributed by atoms with Crippen LogP contribution in [0.2, 0.25) is 0 Å². The monoisotopic (exact) mass is 413 g/mol. The largest absolute Gasteiger partial charge is 0.416 e. The zero-order valence-electron chi connectivity index (χ0n) is 15.9. The smallest absolute Gasteiger partial charge is 0.382 e. The van der Waals surface area contributed by atoms with Crippen LogP contribution in [0.3, 0.4) is 0 Å². The minimum Gasteiger partial charge on any atom is -0.382 e. The first-order valence-corrected chi connectivity index (χ1v) is 9.27. The van der Waals surface area contributed by atoms with Gasteiger partial charge in [-0.05, 0) is 43.5 Å². The standard InChI is InChI=1S/C19H22F3N3O4/c1-27-10-11-28-12-16-23-17(24-29-16)15-4-2-3-9-25(15)18(26)13-5-7-14(8-6-13)19(20,21)22/h5-8,15H,2-4,9-12H2,1H3. The molecule has 2 aromatic rings. The molecule has 10 heteroatoms. The van der Waals surface area contributed by atoms with Gasteiger partial charge in [0.2, 0.25) is 0 Å². The van der Waals surface area contributed by atoms with Crippen LogP contribution in [-0.4, -0.2) is 47.8 Å². The second kappa shape index (κ2) is 9.36. The van der Waals surface area contributed by atoms with Crippen LogP contribution in [0.25, 0.3) is 0 Å². The second-order valence-corrected chi connectivity index (χ2v) is 6.68. The van der Waals surface area contributed by atoms with Crippen molar-refractivity contribution in [3.63, 3.8) is 0 Å². The number of alkyl halides is 3. The molecule has 1 unspecified atom stereocenters. The van der Waals surface area contributed by atoms with E-state index in [1.54, 1.807) is 12.0 Å². The molecule has 0 radical (unpaired) electrons. The summed E-state index contributed by atoms with van der Waals surface area (Å²) in [6, 6.07) is 3.82. The summed E-state index contributed by atoms with van der Waals surface area (Å²) < 4.78 is 53.7. The third-order valence-corrected chi connectivity index (χ3v) is 4.66. The summed E-state index contributed by atoms with van der Waals surface area (Å²) in [5.74, 6) is 0.310. The molecule has 0 N–H and O–H groups in total. The number of methoxy groups -OCH3 is 1. The van der Waals surface area contributed by atoms with Crippen molar-refractivity contribution in [2.75, 3.05) is 26.9 Å². The summed E-state index contributed by atoms with van der Waals surface area (Å²) in [7, 11) is 1.57. The van der Waals surface area contributed by atoms with E-state index in [0.29, 0.717) is 37.9 Å². The second-order valence-electron chi connectivity index (χ2n) is 6.68. The number of nitrogens with zero attached hydrogens (tertiary/aromatic N) is 3. The summed E-state index contributed by atoms with van der Waals surface area (Å²) in [5, 5.41) is 3.97. The van der Waals surface area contributed by atoms with Crippen LogP contribution in [0.5, 0.6) is 0 Å². The molecule has 1 fully saturated rings. The molecule has 2 heterocycles. The fourth-order valence-electron chi connectivity index (χ4n) is 3.17. The number of carbonyl (C=O) groups is 1. The predicted octanol–water partition coefficient (Wildman–Crippen LogP) is 3.62. The van der Waals surface area contributed by atoms with Crippen molar-refractivity contribution >= 4 is 5.91 Å². The van der Waals surface area contributed by atoms with Crippen molar-refractivity contribution in [3.8, 4) is 0 Å². The molecule has 0 saturated carbocycles. The molecule has 0 spiro atoms. The average Bonchev–Trinajstić information content (AvgIpc) is 3.19. The lowest BCUT2D eigenvalue weighted by Crippen LogP contribution is -2.39. The first-order chi connectivity index (χ1) is 13.9. The molecule has 0 bridgehead atoms. The van der Waals surface area contributed by atoms with E-state index in [4.69, 9.17) is 14.0 Å². The highest BCUT2D eigenvalue weighted by atomic mass is 19.4. The Hall–Kier alpha value is -2.46. The maximum Gasteiger partial charge on any atom is 0.416 e. The number of rotatable bonds is 7. The van der Waals surface area contributed by atoms with Crippen molar-refractivity contribution < 1.29 is 32.0 Å². The molecule has 158 valence electrons. The zero-order valence-corrected chi connectivity index (χ0v) is 15.9. The topological polar surface area (TPSA) is 77.7 Å². The Kier molecular flexibility index (Phi) is 6.86. The van der Waals surface area contributed by atoms with Crippen LogP contribution in [0.4, 0.5) is 13.2 Å². The number of hydrogen-bond acceptors (Lipinski definition) is 6. The van der Waals surface area contributed by atoms with Gasteiger partial charge in [0.05, 0.1) is 24.8 Å². The van der Waals surface area contributed by atoms with E-state index in [1.807, 2.05) is 0 Å². The first kappa shape index (κ1) is 21.3. The van der Waals surface area contributed by atoms with Gasteiger partial charge in [-0.15, -0.1) is 0 Å². The van der Waals surface area contributed by atoms with Gasteiger partial charge >= 0.3 is 6.18 Å². The number of hydrogen-bond donors (Lipinski definition) is 0. The highest BCUT2D eigenvalue weighted by molar-refractivity contribution is 5.94. The van der Waals surface area contributed by atoms with E-state index in [9.17, 15) is 18.0 Å². The van der Waals surface area contributed by atoms with Crippen molar-refractivity contribution in [1.29, 1.82) is 0 Å². The highest BCUT2D eigenvalue weighted by Gasteiger charge is 2.33. The van der Waals surface area contributed by atoms with Crippen LogP contribution in [0, 0.1) is 0 Å². The van der Waals surface area contributed by atoms with Gasteiger partial charge in [-0.3, -0.25) is 4.79 Å². The molecule has 1 aliphatic heterocycles. The van der Waals surface area contributed by atoms with E-state index >= 15 is 0 Å². The first-order valence-electron chi connectivity index (χ1n) is 9.27. The SMILES string of the molecule is COCCOCc1nc(C2CCCCN2C(=O)c2ccc(C(F)(F)F)cc2)no1. The number of halogens is 3. The Labute approximate surface area is 165 Å². The molecule has 1 amide bonds. The van der Waals surface area contributed by atoms with Gasteiger partial charge in [-0.2, -0.15) is 18.2 Å². The van der Waals surface area contributed by atoms with E-state index in [0.717, 1.165) is 25.0 Å². The average molecular weight is 413 g/mol. The third-order valence-electron chi connectivity index (χ3n) is 4.66.